The van der Waals surface area contributed by atoms with Crippen LogP contribution in [0.25, 0.3) is 0 Å². The Hall–Kier alpha value is -1.51. The fourth-order valence-electron chi connectivity index (χ4n) is 3.27. The van der Waals surface area contributed by atoms with Crippen LogP contribution in [0.1, 0.15) is 65.9 Å². The number of ether oxygens (including phenoxy) is 1. The third kappa shape index (κ3) is 12.8. The van der Waals surface area contributed by atoms with Crippen LogP contribution in [0.2, 0.25) is 0 Å². The van der Waals surface area contributed by atoms with Crippen LogP contribution < -0.4 is 15.8 Å². The Labute approximate surface area is 220 Å². The minimum atomic E-state index is -0.162. The SMILES string of the molecule is CC.CCCCN(C)CCN=C(N)NC(=O)/C(CC)=C(\CCc1cc(Br)ccc1OC)SCC. The molecule has 0 aliphatic heterocycles. The summed E-state index contributed by atoms with van der Waals surface area (Å²) in [5.74, 6) is 1.77. The van der Waals surface area contributed by atoms with E-state index in [2.05, 4.69) is 58.1 Å². The second-order valence-corrected chi connectivity index (χ2v) is 9.80. The van der Waals surface area contributed by atoms with Crippen molar-refractivity contribution in [2.45, 2.75) is 66.7 Å². The molecule has 3 N–H and O–H groups in total. The number of unbranched alkanes of at least 4 members (excludes halogenated alkanes) is 1. The van der Waals surface area contributed by atoms with Crippen molar-refractivity contribution in [1.29, 1.82) is 0 Å². The number of amides is 1. The van der Waals surface area contributed by atoms with Gasteiger partial charge in [0, 0.05) is 16.6 Å². The molecule has 0 atom stereocenters. The van der Waals surface area contributed by atoms with E-state index >= 15 is 0 Å². The Morgan fingerprint density at radius 2 is 1.94 bits per heavy atom. The number of hydrogen-bond donors (Lipinski definition) is 2. The van der Waals surface area contributed by atoms with Crippen molar-refractivity contribution >= 4 is 39.6 Å². The largest absolute Gasteiger partial charge is 0.496 e. The van der Waals surface area contributed by atoms with Crippen molar-refractivity contribution in [2.24, 2.45) is 10.7 Å². The quantitative estimate of drug-likeness (QED) is 0.167. The van der Waals surface area contributed by atoms with Crippen molar-refractivity contribution in [2.75, 3.05) is 39.5 Å². The summed E-state index contributed by atoms with van der Waals surface area (Å²) in [6.07, 6.45) is 4.53. The molecule has 0 fully saturated rings. The van der Waals surface area contributed by atoms with Gasteiger partial charge in [0.2, 0.25) is 0 Å². The third-order valence-corrected chi connectivity index (χ3v) is 6.63. The lowest BCUT2D eigenvalue weighted by Gasteiger charge is -2.16. The molecule has 1 rings (SSSR count). The minimum Gasteiger partial charge on any atom is -0.496 e. The number of thioether (sulfide) groups is 1. The van der Waals surface area contributed by atoms with Crippen LogP contribution in [0.15, 0.2) is 38.1 Å². The van der Waals surface area contributed by atoms with Crippen LogP contribution in [0, 0.1) is 0 Å². The molecule has 8 heteroatoms. The number of nitrogens with one attached hydrogen (secondary N) is 1. The molecular weight excluding hydrogens is 512 g/mol. The Morgan fingerprint density at radius 1 is 1.24 bits per heavy atom. The molecule has 0 spiro atoms. The van der Waals surface area contributed by atoms with Crippen LogP contribution in [0.3, 0.4) is 0 Å². The van der Waals surface area contributed by atoms with E-state index in [1.54, 1.807) is 18.9 Å². The molecular formula is C26H45BrN4O2S. The van der Waals surface area contributed by atoms with Gasteiger partial charge in [0.1, 0.15) is 5.75 Å². The van der Waals surface area contributed by atoms with Gasteiger partial charge in [-0.15, -0.1) is 11.8 Å². The Morgan fingerprint density at radius 3 is 2.53 bits per heavy atom. The maximum Gasteiger partial charge on any atom is 0.254 e. The zero-order valence-electron chi connectivity index (χ0n) is 22.2. The molecule has 0 unspecified atom stereocenters. The molecule has 0 aliphatic rings. The fraction of sp³-hybridized carbons (Fsp3) is 0.615. The van der Waals surface area contributed by atoms with Gasteiger partial charge in [-0.05, 0) is 73.7 Å². The number of halogens is 1. The predicted octanol–water partition coefficient (Wildman–Crippen LogP) is 6.00. The summed E-state index contributed by atoms with van der Waals surface area (Å²) in [6.45, 7) is 12.7. The number of nitrogens with zero attached hydrogens (tertiary/aromatic N) is 2. The number of methoxy groups -OCH3 is 1. The highest BCUT2D eigenvalue weighted by Gasteiger charge is 2.16. The number of hydrogen-bond acceptors (Lipinski definition) is 5. The lowest BCUT2D eigenvalue weighted by molar-refractivity contribution is -0.116. The van der Waals surface area contributed by atoms with E-state index in [0.29, 0.717) is 13.0 Å². The molecule has 0 saturated heterocycles. The van der Waals surface area contributed by atoms with Crippen molar-refractivity contribution in [3.8, 4) is 5.75 Å². The smallest absolute Gasteiger partial charge is 0.254 e. The van der Waals surface area contributed by atoms with Crippen LogP contribution in [0.5, 0.6) is 5.75 Å². The van der Waals surface area contributed by atoms with Crippen LogP contribution in [-0.4, -0.2) is 56.3 Å². The first-order valence-electron chi connectivity index (χ1n) is 12.3. The van der Waals surface area contributed by atoms with E-state index < -0.39 is 0 Å². The van der Waals surface area contributed by atoms with Gasteiger partial charge < -0.3 is 15.4 Å². The van der Waals surface area contributed by atoms with E-state index in [1.165, 1.54) is 12.8 Å². The number of benzene rings is 1. The van der Waals surface area contributed by atoms with Crippen LogP contribution >= 0.6 is 27.7 Å². The van der Waals surface area contributed by atoms with Crippen molar-refractivity contribution in [3.63, 3.8) is 0 Å². The van der Waals surface area contributed by atoms with Crippen LogP contribution in [-0.2, 0) is 11.2 Å². The van der Waals surface area contributed by atoms with Crippen LogP contribution in [0.4, 0.5) is 0 Å². The molecule has 1 aromatic carbocycles. The average molecular weight is 558 g/mol. The van der Waals surface area contributed by atoms with Gasteiger partial charge in [-0.1, -0.05) is 57.0 Å². The standard InChI is InChI=1S/C24H39BrN4O2S.C2H6/c1-6-9-15-29(4)16-14-27-24(26)28-23(30)20(7-2)22(32-8-3)13-10-18-17-19(25)11-12-21(18)31-5;1-2/h11-12,17H,6-10,13-16H2,1-5H3,(H3,26,27,28,30);1-2H3/b22-20+;. The molecule has 194 valence electrons. The summed E-state index contributed by atoms with van der Waals surface area (Å²) in [7, 11) is 3.76. The van der Waals surface area contributed by atoms with Gasteiger partial charge in [0.15, 0.2) is 5.96 Å². The number of carbonyl (C=O) groups is 1. The summed E-state index contributed by atoms with van der Waals surface area (Å²) >= 11 is 5.24. The highest BCUT2D eigenvalue weighted by atomic mass is 79.9. The molecule has 0 heterocycles. The van der Waals surface area contributed by atoms with E-state index in [0.717, 1.165) is 57.9 Å². The highest BCUT2D eigenvalue weighted by Crippen LogP contribution is 2.30. The number of aryl methyl sites for hydroxylation is 1. The molecule has 1 aromatic rings. The van der Waals surface area contributed by atoms with Crippen molar-refractivity contribution in [1.82, 2.24) is 10.2 Å². The number of rotatable bonds is 14. The summed E-state index contributed by atoms with van der Waals surface area (Å²) in [5, 5.41) is 2.78. The van der Waals surface area contributed by atoms with E-state index in [1.807, 2.05) is 32.9 Å². The summed E-state index contributed by atoms with van der Waals surface area (Å²) in [6, 6.07) is 6.00. The first-order valence-corrected chi connectivity index (χ1v) is 14.1. The topological polar surface area (TPSA) is 80.0 Å². The molecule has 0 bridgehead atoms. The predicted molar refractivity (Wildman–Crippen MR) is 153 cm³/mol. The number of allylic oxidation sites excluding steroid dienone is 1. The molecule has 0 radical (unpaired) electrons. The maximum absolute atomic E-state index is 12.9. The summed E-state index contributed by atoms with van der Waals surface area (Å²) in [5.41, 5.74) is 7.87. The van der Waals surface area contributed by atoms with Gasteiger partial charge >= 0.3 is 0 Å². The number of carbonyl (C=O) groups excluding carboxylic acids is 1. The molecule has 0 saturated carbocycles. The molecule has 6 nitrogen and oxygen atoms in total. The van der Waals surface area contributed by atoms with Gasteiger partial charge in [0.25, 0.3) is 5.91 Å². The third-order valence-electron chi connectivity index (χ3n) is 5.05. The average Bonchev–Trinajstić information content (AvgIpc) is 2.83. The lowest BCUT2D eigenvalue weighted by Crippen LogP contribution is -2.38. The monoisotopic (exact) mass is 556 g/mol. The normalized spacial score (nSPS) is 12.1. The zero-order chi connectivity index (χ0) is 25.9. The number of guanidine groups is 1. The number of aliphatic imine (C=N–C) groups is 1. The Balaban J connectivity index is 0.00000529. The summed E-state index contributed by atoms with van der Waals surface area (Å²) < 4.78 is 6.51. The van der Waals surface area contributed by atoms with Gasteiger partial charge in [0.05, 0.1) is 13.7 Å². The molecule has 1 amide bonds. The zero-order valence-corrected chi connectivity index (χ0v) is 24.6. The molecule has 34 heavy (non-hydrogen) atoms. The maximum atomic E-state index is 12.9. The lowest BCUT2D eigenvalue weighted by atomic mass is 10.1. The highest BCUT2D eigenvalue weighted by molar-refractivity contribution is 9.10. The van der Waals surface area contributed by atoms with Crippen molar-refractivity contribution in [3.05, 3.63) is 38.7 Å². The van der Waals surface area contributed by atoms with Crippen molar-refractivity contribution < 1.29 is 9.53 Å². The fourth-order valence-corrected chi connectivity index (χ4v) is 4.69. The molecule has 0 aliphatic carbocycles. The first kappa shape index (κ1) is 32.5. The first-order chi connectivity index (χ1) is 16.4. The Kier molecular flexibility index (Phi) is 18.9. The number of likely N-dealkylation sites (N-methyl/N-ethyl adjacent to an activating group) is 1. The van der Waals surface area contributed by atoms with E-state index in [9.17, 15) is 4.79 Å². The van der Waals surface area contributed by atoms with Gasteiger partial charge in [-0.3, -0.25) is 15.1 Å². The van der Waals surface area contributed by atoms with Gasteiger partial charge in [-0.2, -0.15) is 0 Å². The van der Waals surface area contributed by atoms with Gasteiger partial charge in [-0.25, -0.2) is 0 Å². The number of nitrogens with two attached hydrogens (primary N) is 1. The molecule has 0 aromatic heterocycles. The second-order valence-electron chi connectivity index (χ2n) is 7.52. The Bertz CT molecular complexity index is 784. The van der Waals surface area contributed by atoms with E-state index in [-0.39, 0.29) is 11.9 Å². The van der Waals surface area contributed by atoms with E-state index in [4.69, 9.17) is 10.5 Å². The summed E-state index contributed by atoms with van der Waals surface area (Å²) in [4.78, 5) is 20.6. The minimum absolute atomic E-state index is 0.162. The second kappa shape index (κ2) is 19.8.